The SMILES string of the molecule is COc1ccc(C2CCCN2C(=O)/C=C/c2c(C)nn(Cc3ccccc3Cl)c2C)cc1OC. The molecule has 34 heavy (non-hydrogen) atoms. The fraction of sp³-hybridized carbons (Fsp3) is 0.333. The van der Waals surface area contributed by atoms with Gasteiger partial charge < -0.3 is 14.4 Å². The van der Waals surface area contributed by atoms with Gasteiger partial charge in [0, 0.05) is 28.9 Å². The topological polar surface area (TPSA) is 56.6 Å². The number of aromatic nitrogens is 2. The van der Waals surface area contributed by atoms with Crippen LogP contribution in [-0.4, -0.2) is 41.4 Å². The normalized spacial score (nSPS) is 15.8. The Morgan fingerprint density at radius 3 is 2.65 bits per heavy atom. The molecular weight excluding hydrogens is 450 g/mol. The van der Waals surface area contributed by atoms with Crippen LogP contribution in [0.1, 0.15) is 47.0 Å². The number of methoxy groups -OCH3 is 2. The summed E-state index contributed by atoms with van der Waals surface area (Å²) in [5.41, 5.74) is 4.90. The van der Waals surface area contributed by atoms with Gasteiger partial charge in [-0.2, -0.15) is 5.10 Å². The number of hydrogen-bond acceptors (Lipinski definition) is 4. The highest BCUT2D eigenvalue weighted by molar-refractivity contribution is 6.31. The summed E-state index contributed by atoms with van der Waals surface area (Å²) in [6, 6.07) is 13.7. The van der Waals surface area contributed by atoms with Crippen molar-refractivity contribution in [1.29, 1.82) is 0 Å². The minimum absolute atomic E-state index is 0.00469. The van der Waals surface area contributed by atoms with E-state index in [0.717, 1.165) is 52.5 Å². The lowest BCUT2D eigenvalue weighted by atomic mass is 10.0. The zero-order valence-electron chi connectivity index (χ0n) is 20.0. The van der Waals surface area contributed by atoms with Crippen LogP contribution in [0.2, 0.25) is 5.02 Å². The number of halogens is 1. The summed E-state index contributed by atoms with van der Waals surface area (Å²) in [6.45, 7) is 5.29. The molecule has 0 saturated carbocycles. The van der Waals surface area contributed by atoms with E-state index in [4.69, 9.17) is 21.1 Å². The molecule has 6 nitrogen and oxygen atoms in total. The first-order valence-corrected chi connectivity index (χ1v) is 11.8. The minimum atomic E-state index is -0.00469. The van der Waals surface area contributed by atoms with Crippen molar-refractivity contribution in [3.05, 3.63) is 81.6 Å². The Balaban J connectivity index is 1.52. The molecule has 0 spiro atoms. The van der Waals surface area contributed by atoms with Crippen LogP contribution in [0, 0.1) is 13.8 Å². The van der Waals surface area contributed by atoms with E-state index in [2.05, 4.69) is 5.10 Å². The van der Waals surface area contributed by atoms with Crippen molar-refractivity contribution >= 4 is 23.6 Å². The second-order valence-corrected chi connectivity index (χ2v) is 8.88. The summed E-state index contributed by atoms with van der Waals surface area (Å²) < 4.78 is 12.7. The van der Waals surface area contributed by atoms with Gasteiger partial charge in [-0.1, -0.05) is 35.9 Å². The van der Waals surface area contributed by atoms with E-state index in [1.54, 1.807) is 20.3 Å². The molecule has 1 aliphatic rings. The van der Waals surface area contributed by atoms with Crippen LogP contribution in [0.5, 0.6) is 11.5 Å². The van der Waals surface area contributed by atoms with Crippen LogP contribution in [0.15, 0.2) is 48.5 Å². The maximum Gasteiger partial charge on any atom is 0.247 e. The Labute approximate surface area is 205 Å². The number of hydrogen-bond donors (Lipinski definition) is 0. The third-order valence-corrected chi connectivity index (χ3v) is 6.80. The summed E-state index contributed by atoms with van der Waals surface area (Å²) >= 11 is 6.33. The third-order valence-electron chi connectivity index (χ3n) is 6.44. The quantitative estimate of drug-likeness (QED) is 0.414. The molecular formula is C27H30ClN3O3. The van der Waals surface area contributed by atoms with Crippen LogP contribution < -0.4 is 9.47 Å². The van der Waals surface area contributed by atoms with Gasteiger partial charge in [0.05, 0.1) is 32.5 Å². The van der Waals surface area contributed by atoms with Gasteiger partial charge in [0.15, 0.2) is 11.5 Å². The Kier molecular flexibility index (Phi) is 7.27. The zero-order chi connectivity index (χ0) is 24.2. The molecule has 0 radical (unpaired) electrons. The fourth-order valence-electron chi connectivity index (χ4n) is 4.58. The lowest BCUT2D eigenvalue weighted by Gasteiger charge is -2.24. The number of likely N-dealkylation sites (tertiary alicyclic amines) is 1. The molecule has 7 heteroatoms. The van der Waals surface area contributed by atoms with E-state index in [0.29, 0.717) is 18.0 Å². The number of ether oxygens (including phenoxy) is 2. The van der Waals surface area contributed by atoms with Crippen molar-refractivity contribution in [2.45, 2.75) is 39.3 Å². The molecule has 1 fully saturated rings. The highest BCUT2D eigenvalue weighted by Crippen LogP contribution is 2.37. The lowest BCUT2D eigenvalue weighted by Crippen LogP contribution is -2.28. The molecule has 1 unspecified atom stereocenters. The van der Waals surface area contributed by atoms with Gasteiger partial charge in [-0.3, -0.25) is 9.48 Å². The van der Waals surface area contributed by atoms with E-state index in [1.165, 1.54) is 0 Å². The summed E-state index contributed by atoms with van der Waals surface area (Å²) in [4.78, 5) is 15.1. The van der Waals surface area contributed by atoms with Crippen molar-refractivity contribution in [3.63, 3.8) is 0 Å². The first kappa shape index (κ1) is 23.9. The van der Waals surface area contributed by atoms with Gasteiger partial charge in [0.1, 0.15) is 0 Å². The second kappa shape index (κ2) is 10.3. The summed E-state index contributed by atoms with van der Waals surface area (Å²) in [6.07, 6.45) is 5.43. The number of benzene rings is 2. The number of nitrogens with zero attached hydrogens (tertiary/aromatic N) is 3. The fourth-order valence-corrected chi connectivity index (χ4v) is 4.78. The molecule has 4 rings (SSSR count). The molecule has 2 heterocycles. The Morgan fingerprint density at radius 2 is 1.91 bits per heavy atom. The minimum Gasteiger partial charge on any atom is -0.493 e. The molecule has 0 N–H and O–H groups in total. The van der Waals surface area contributed by atoms with Gasteiger partial charge in [-0.25, -0.2) is 0 Å². The predicted molar refractivity (Wildman–Crippen MR) is 135 cm³/mol. The molecule has 2 aromatic carbocycles. The van der Waals surface area contributed by atoms with E-state index in [-0.39, 0.29) is 11.9 Å². The monoisotopic (exact) mass is 479 g/mol. The maximum atomic E-state index is 13.2. The standard InChI is InChI=1S/C27H30ClN3O3/c1-18-22(19(2)31(29-18)17-21-8-5-6-9-23(21)28)12-14-27(32)30-15-7-10-24(30)20-11-13-25(33-3)26(16-20)34-4/h5-6,8-9,11-14,16,24H,7,10,15,17H2,1-4H3/b14-12+. The van der Waals surface area contributed by atoms with E-state index < -0.39 is 0 Å². The molecule has 1 aromatic heterocycles. The van der Waals surface area contributed by atoms with Crippen molar-refractivity contribution in [2.24, 2.45) is 0 Å². The van der Waals surface area contributed by atoms with E-state index in [1.807, 2.05) is 72.0 Å². The molecule has 0 bridgehead atoms. The van der Waals surface area contributed by atoms with E-state index >= 15 is 0 Å². The summed E-state index contributed by atoms with van der Waals surface area (Å²) in [5.74, 6) is 1.35. The van der Waals surface area contributed by atoms with Crippen LogP contribution in [0.3, 0.4) is 0 Å². The number of carbonyl (C=O) groups is 1. The third kappa shape index (κ3) is 4.82. The van der Waals surface area contributed by atoms with Crippen molar-refractivity contribution in [3.8, 4) is 11.5 Å². The van der Waals surface area contributed by atoms with E-state index in [9.17, 15) is 4.79 Å². The first-order valence-electron chi connectivity index (χ1n) is 11.4. The maximum absolute atomic E-state index is 13.2. The van der Waals surface area contributed by atoms with Crippen molar-refractivity contribution in [1.82, 2.24) is 14.7 Å². The molecule has 1 atom stereocenters. The van der Waals surface area contributed by atoms with Gasteiger partial charge in [0.2, 0.25) is 5.91 Å². The largest absolute Gasteiger partial charge is 0.493 e. The zero-order valence-corrected chi connectivity index (χ0v) is 20.8. The van der Waals surface area contributed by atoms with Gasteiger partial charge in [0.25, 0.3) is 0 Å². The molecule has 3 aromatic rings. The van der Waals surface area contributed by atoms with Gasteiger partial charge in [-0.15, -0.1) is 0 Å². The molecule has 1 amide bonds. The van der Waals surface area contributed by atoms with Crippen LogP contribution >= 0.6 is 11.6 Å². The molecule has 1 aliphatic heterocycles. The van der Waals surface area contributed by atoms with Crippen LogP contribution in [-0.2, 0) is 11.3 Å². The molecule has 1 saturated heterocycles. The Bertz CT molecular complexity index is 1220. The highest BCUT2D eigenvalue weighted by Gasteiger charge is 2.29. The number of aryl methyl sites for hydroxylation is 1. The van der Waals surface area contributed by atoms with Crippen molar-refractivity contribution in [2.75, 3.05) is 20.8 Å². The summed E-state index contributed by atoms with van der Waals surface area (Å²) in [5, 5.41) is 5.40. The van der Waals surface area contributed by atoms with Gasteiger partial charge in [-0.05, 0) is 62.1 Å². The lowest BCUT2D eigenvalue weighted by molar-refractivity contribution is -0.126. The van der Waals surface area contributed by atoms with Crippen LogP contribution in [0.4, 0.5) is 0 Å². The molecule has 0 aliphatic carbocycles. The number of carbonyl (C=O) groups excluding carboxylic acids is 1. The first-order chi connectivity index (χ1) is 16.4. The Hall–Kier alpha value is -3.25. The predicted octanol–water partition coefficient (Wildman–Crippen LogP) is 5.60. The van der Waals surface area contributed by atoms with Gasteiger partial charge >= 0.3 is 0 Å². The Morgan fingerprint density at radius 1 is 1.15 bits per heavy atom. The average Bonchev–Trinajstić information content (AvgIpc) is 3.43. The molecule has 178 valence electrons. The summed E-state index contributed by atoms with van der Waals surface area (Å²) in [7, 11) is 3.24. The number of amides is 1. The van der Waals surface area contributed by atoms with Crippen LogP contribution in [0.25, 0.3) is 6.08 Å². The average molecular weight is 480 g/mol. The van der Waals surface area contributed by atoms with Crippen molar-refractivity contribution < 1.29 is 14.3 Å². The number of rotatable bonds is 7. The smallest absolute Gasteiger partial charge is 0.247 e. The second-order valence-electron chi connectivity index (χ2n) is 8.47. The highest BCUT2D eigenvalue weighted by atomic mass is 35.5.